The number of fused-ring (bicyclic) bond motifs is 1. The van der Waals surface area contributed by atoms with E-state index in [1.807, 2.05) is 55.6 Å². The first kappa shape index (κ1) is 22.4. The highest BCUT2D eigenvalue weighted by Gasteiger charge is 2.49. The Kier molecular flexibility index (Phi) is 6.53. The van der Waals surface area contributed by atoms with Crippen LogP contribution >= 0.6 is 0 Å². The molecule has 2 atom stereocenters. The average molecular weight is 446 g/mol. The molecule has 2 aromatic carbocycles. The van der Waals surface area contributed by atoms with E-state index in [1.54, 1.807) is 12.0 Å². The van der Waals surface area contributed by atoms with Crippen LogP contribution in [0.5, 0.6) is 11.5 Å². The molecule has 32 heavy (non-hydrogen) atoms. The minimum Gasteiger partial charge on any atom is -0.497 e. The molecule has 2 aromatic rings. The van der Waals surface area contributed by atoms with E-state index in [9.17, 15) is 8.78 Å². The van der Waals surface area contributed by atoms with E-state index in [0.717, 1.165) is 34.8 Å². The number of anilines is 1. The summed E-state index contributed by atoms with van der Waals surface area (Å²) in [5.74, 6) is -1.42. The number of rotatable bonds is 8. The maximum absolute atomic E-state index is 14.5. The average Bonchev–Trinajstić information content (AvgIpc) is 3.12. The Morgan fingerprint density at radius 2 is 1.88 bits per heavy atom. The summed E-state index contributed by atoms with van der Waals surface area (Å²) < 4.78 is 45.1. The lowest BCUT2D eigenvalue weighted by Gasteiger charge is -2.32. The molecule has 0 bridgehead atoms. The monoisotopic (exact) mass is 445 g/mol. The van der Waals surface area contributed by atoms with Crippen LogP contribution < -0.4 is 20.1 Å². The number of nitrogens with zero attached hydrogens (tertiary/aromatic N) is 1. The zero-order valence-electron chi connectivity index (χ0n) is 18.5. The van der Waals surface area contributed by atoms with Crippen molar-refractivity contribution < 1.29 is 23.0 Å². The van der Waals surface area contributed by atoms with Crippen LogP contribution in [0.25, 0.3) is 5.70 Å². The molecule has 1 unspecified atom stereocenters. The zero-order chi connectivity index (χ0) is 22.7. The maximum Gasteiger partial charge on any atom is 0.292 e. The Morgan fingerprint density at radius 1 is 1.12 bits per heavy atom. The van der Waals surface area contributed by atoms with Crippen molar-refractivity contribution in [2.75, 3.05) is 52.8 Å². The van der Waals surface area contributed by atoms with Gasteiger partial charge < -0.3 is 29.7 Å². The van der Waals surface area contributed by atoms with Crippen molar-refractivity contribution in [1.82, 2.24) is 10.2 Å². The molecule has 0 spiro atoms. The van der Waals surface area contributed by atoms with Crippen molar-refractivity contribution in [1.29, 1.82) is 0 Å². The minimum absolute atomic E-state index is 0.131. The molecule has 0 aliphatic carbocycles. The fraction of sp³-hybridized carbons (Fsp3) is 0.417. The summed E-state index contributed by atoms with van der Waals surface area (Å²) >= 11 is 0. The molecule has 0 amide bonds. The summed E-state index contributed by atoms with van der Waals surface area (Å²) in [6.07, 6.45) is 0.868. The number of hydrogen-bond donors (Lipinski definition) is 2. The van der Waals surface area contributed by atoms with E-state index in [4.69, 9.17) is 14.2 Å². The van der Waals surface area contributed by atoms with Gasteiger partial charge in [0.1, 0.15) is 24.2 Å². The highest BCUT2D eigenvalue weighted by molar-refractivity contribution is 5.81. The standard InChI is InChI=1S/C24H29F2N3O3/c1-27-10-11-32-17-6-4-16(5-7-17)20-13-22(29-14-23(31-3)24(25,26)15-29)19-9-8-18(30-2)12-21(19)28-20/h4-9,12-13,20,23,27-28H,10-11,14-15H2,1-3H3/t20?,23-/m1/s1. The summed E-state index contributed by atoms with van der Waals surface area (Å²) in [5, 5.41) is 6.55. The molecule has 0 aromatic heterocycles. The molecule has 1 fully saturated rings. The molecule has 2 heterocycles. The molecule has 2 aliphatic heterocycles. The number of hydrogen-bond acceptors (Lipinski definition) is 6. The predicted molar refractivity (Wildman–Crippen MR) is 121 cm³/mol. The van der Waals surface area contributed by atoms with Gasteiger partial charge >= 0.3 is 0 Å². The zero-order valence-corrected chi connectivity index (χ0v) is 18.5. The molecule has 6 nitrogen and oxygen atoms in total. The van der Waals surface area contributed by atoms with Crippen molar-refractivity contribution in [3.63, 3.8) is 0 Å². The first-order valence-corrected chi connectivity index (χ1v) is 10.6. The normalized spacial score (nSPS) is 21.5. The van der Waals surface area contributed by atoms with Crippen molar-refractivity contribution in [3.05, 3.63) is 59.7 Å². The molecule has 2 N–H and O–H groups in total. The van der Waals surface area contributed by atoms with E-state index in [0.29, 0.717) is 12.4 Å². The van der Waals surface area contributed by atoms with Gasteiger partial charge in [-0.1, -0.05) is 12.1 Å². The minimum atomic E-state index is -2.91. The third kappa shape index (κ3) is 4.52. The number of ether oxygens (including phenoxy) is 3. The van der Waals surface area contributed by atoms with Gasteiger partial charge in [0.05, 0.1) is 26.2 Å². The summed E-state index contributed by atoms with van der Waals surface area (Å²) in [4.78, 5) is 1.71. The molecular weight excluding hydrogens is 416 g/mol. The molecule has 172 valence electrons. The van der Waals surface area contributed by atoms with E-state index in [1.165, 1.54) is 7.11 Å². The van der Waals surface area contributed by atoms with Crippen molar-refractivity contribution >= 4 is 11.4 Å². The number of likely N-dealkylation sites (N-methyl/N-ethyl adjacent to an activating group) is 1. The number of likely N-dealkylation sites (tertiary alicyclic amines) is 1. The second-order valence-corrected chi connectivity index (χ2v) is 7.97. The van der Waals surface area contributed by atoms with Gasteiger partial charge in [-0.15, -0.1) is 0 Å². The number of benzene rings is 2. The predicted octanol–water partition coefficient (Wildman–Crippen LogP) is 3.77. The van der Waals surface area contributed by atoms with Gasteiger partial charge in [0, 0.05) is 36.7 Å². The molecule has 2 aliphatic rings. The Morgan fingerprint density at radius 3 is 2.53 bits per heavy atom. The second-order valence-electron chi connectivity index (χ2n) is 7.97. The molecule has 0 saturated carbocycles. The van der Waals surface area contributed by atoms with Gasteiger partial charge in [-0.3, -0.25) is 0 Å². The Hall–Kier alpha value is -2.84. The smallest absolute Gasteiger partial charge is 0.292 e. The molecule has 0 radical (unpaired) electrons. The first-order chi connectivity index (χ1) is 15.4. The first-order valence-electron chi connectivity index (χ1n) is 10.6. The third-order valence-electron chi connectivity index (χ3n) is 5.88. The van der Waals surface area contributed by atoms with Crippen molar-refractivity contribution in [2.24, 2.45) is 0 Å². The fourth-order valence-corrected chi connectivity index (χ4v) is 4.13. The largest absolute Gasteiger partial charge is 0.497 e. The number of alkyl halides is 2. The molecular formula is C24H29F2N3O3. The summed E-state index contributed by atoms with van der Waals surface area (Å²) in [7, 11) is 4.82. The Balaban J connectivity index is 1.64. The SMILES string of the molecule is CNCCOc1ccc(C2C=C(N3C[C@@H](OC)C(F)(F)C3)c3ccc(OC)cc3N2)cc1. The van der Waals surface area contributed by atoms with E-state index < -0.39 is 12.0 Å². The quantitative estimate of drug-likeness (QED) is 0.604. The highest BCUT2D eigenvalue weighted by Crippen LogP contribution is 2.42. The van der Waals surface area contributed by atoms with Crippen LogP contribution in [-0.4, -0.2) is 64.4 Å². The van der Waals surface area contributed by atoms with Crippen LogP contribution in [0.15, 0.2) is 48.5 Å². The van der Waals surface area contributed by atoms with Gasteiger partial charge in [-0.25, -0.2) is 8.78 Å². The number of halogens is 2. The summed E-state index contributed by atoms with van der Waals surface area (Å²) in [6, 6.07) is 13.3. The van der Waals surface area contributed by atoms with Crippen molar-refractivity contribution in [2.45, 2.75) is 18.1 Å². The molecule has 1 saturated heterocycles. The van der Waals surface area contributed by atoms with Crippen LogP contribution in [0.4, 0.5) is 14.5 Å². The fourth-order valence-electron chi connectivity index (χ4n) is 4.13. The van der Waals surface area contributed by atoms with E-state index in [2.05, 4.69) is 10.6 Å². The van der Waals surface area contributed by atoms with E-state index in [-0.39, 0.29) is 19.1 Å². The summed E-state index contributed by atoms with van der Waals surface area (Å²) in [5.41, 5.74) is 3.47. The van der Waals surface area contributed by atoms with Crippen LogP contribution in [0.1, 0.15) is 17.2 Å². The van der Waals surface area contributed by atoms with Gasteiger partial charge in [-0.2, -0.15) is 0 Å². The summed E-state index contributed by atoms with van der Waals surface area (Å²) in [6.45, 7) is 1.09. The second kappa shape index (κ2) is 9.34. The van der Waals surface area contributed by atoms with Crippen LogP contribution in [0, 0.1) is 0 Å². The van der Waals surface area contributed by atoms with Crippen LogP contribution in [0.2, 0.25) is 0 Å². The topological polar surface area (TPSA) is 55.0 Å². The van der Waals surface area contributed by atoms with Gasteiger partial charge in [-0.05, 0) is 43.0 Å². The van der Waals surface area contributed by atoms with Crippen molar-refractivity contribution in [3.8, 4) is 11.5 Å². The Bertz CT molecular complexity index is 965. The third-order valence-corrected chi connectivity index (χ3v) is 5.88. The number of methoxy groups -OCH3 is 2. The maximum atomic E-state index is 14.5. The van der Waals surface area contributed by atoms with Gasteiger partial charge in [0.15, 0.2) is 0 Å². The molecule has 8 heteroatoms. The van der Waals surface area contributed by atoms with E-state index >= 15 is 0 Å². The lowest BCUT2D eigenvalue weighted by molar-refractivity contribution is -0.0896. The van der Waals surface area contributed by atoms with Crippen LogP contribution in [0.3, 0.4) is 0 Å². The molecule has 4 rings (SSSR count). The van der Waals surface area contributed by atoms with Gasteiger partial charge in [0.2, 0.25) is 0 Å². The number of nitrogens with one attached hydrogen (secondary N) is 2. The van der Waals surface area contributed by atoms with Gasteiger partial charge in [0.25, 0.3) is 5.92 Å². The Labute approximate surface area is 187 Å². The lowest BCUT2D eigenvalue weighted by Crippen LogP contribution is -2.33. The lowest BCUT2D eigenvalue weighted by atomic mass is 9.96. The highest BCUT2D eigenvalue weighted by atomic mass is 19.3. The van der Waals surface area contributed by atoms with Crippen LogP contribution in [-0.2, 0) is 4.74 Å².